The molecule has 0 aromatic carbocycles. The summed E-state index contributed by atoms with van der Waals surface area (Å²) in [6.07, 6.45) is 0.986. The summed E-state index contributed by atoms with van der Waals surface area (Å²) in [6.45, 7) is 0.753. The highest BCUT2D eigenvalue weighted by molar-refractivity contribution is 7.99. The third-order valence-electron chi connectivity index (χ3n) is 1.55. The topological polar surface area (TPSA) is 46.5 Å². The molecular formula is C9H12O3S2. The van der Waals surface area contributed by atoms with E-state index in [1.54, 1.807) is 24.9 Å². The molecule has 1 heterocycles. The Morgan fingerprint density at radius 2 is 2.50 bits per heavy atom. The Morgan fingerprint density at radius 1 is 1.71 bits per heavy atom. The highest BCUT2D eigenvalue weighted by atomic mass is 32.2. The van der Waals surface area contributed by atoms with Gasteiger partial charge in [-0.05, 0) is 12.5 Å². The number of ether oxygens (including phenoxy) is 1. The predicted octanol–water partition coefficient (Wildman–Crippen LogP) is 2.57. The zero-order chi connectivity index (χ0) is 10.4. The molecule has 1 N–H and O–H groups in total. The second-order valence-electron chi connectivity index (χ2n) is 2.65. The molecule has 0 aliphatic carbocycles. The summed E-state index contributed by atoms with van der Waals surface area (Å²) in [5, 5.41) is 10.6. The van der Waals surface area contributed by atoms with Crippen LogP contribution < -0.4 is 0 Å². The first-order chi connectivity index (χ1) is 6.74. The van der Waals surface area contributed by atoms with Gasteiger partial charge in [0.1, 0.15) is 4.88 Å². The Kier molecular flexibility index (Phi) is 5.00. The summed E-state index contributed by atoms with van der Waals surface area (Å²) in [5.74, 6) is 0.114. The van der Waals surface area contributed by atoms with E-state index in [2.05, 4.69) is 0 Å². The largest absolute Gasteiger partial charge is 0.477 e. The lowest BCUT2D eigenvalue weighted by atomic mass is 10.5. The van der Waals surface area contributed by atoms with Crippen LogP contribution in [0.5, 0.6) is 0 Å². The molecule has 0 radical (unpaired) electrons. The van der Waals surface area contributed by atoms with Gasteiger partial charge < -0.3 is 9.84 Å². The molecule has 5 heteroatoms. The van der Waals surface area contributed by atoms with Gasteiger partial charge in [0.25, 0.3) is 0 Å². The second-order valence-corrected chi connectivity index (χ2v) is 4.73. The average molecular weight is 232 g/mol. The standard InChI is InChI=1S/C9H12O3S2/c1-12-3-2-4-13-7-5-8(9(10)11)14-6-7/h5-6H,2-4H2,1H3,(H,10,11). The Morgan fingerprint density at radius 3 is 3.07 bits per heavy atom. The molecular weight excluding hydrogens is 220 g/mol. The average Bonchev–Trinajstić information content (AvgIpc) is 2.61. The molecule has 0 atom stereocenters. The van der Waals surface area contributed by atoms with Gasteiger partial charge in [-0.3, -0.25) is 0 Å². The minimum atomic E-state index is -0.848. The fraction of sp³-hybridized carbons (Fsp3) is 0.444. The molecule has 0 aliphatic heterocycles. The third kappa shape index (κ3) is 3.69. The maximum absolute atomic E-state index is 10.6. The lowest BCUT2D eigenvalue weighted by Gasteiger charge is -1.97. The number of carboxylic acids is 1. The Balaban J connectivity index is 2.33. The molecule has 14 heavy (non-hydrogen) atoms. The molecule has 1 aromatic heterocycles. The molecule has 0 bridgehead atoms. The summed E-state index contributed by atoms with van der Waals surface area (Å²) in [5.41, 5.74) is 0. The molecule has 1 aromatic rings. The van der Waals surface area contributed by atoms with Crippen LogP contribution in [0.2, 0.25) is 0 Å². The molecule has 78 valence electrons. The number of hydrogen-bond acceptors (Lipinski definition) is 4. The smallest absolute Gasteiger partial charge is 0.345 e. The first-order valence-corrected chi connectivity index (χ1v) is 6.04. The van der Waals surface area contributed by atoms with Gasteiger partial charge in [0.2, 0.25) is 0 Å². The number of rotatable bonds is 6. The van der Waals surface area contributed by atoms with E-state index in [-0.39, 0.29) is 0 Å². The van der Waals surface area contributed by atoms with E-state index >= 15 is 0 Å². The quantitative estimate of drug-likeness (QED) is 0.605. The molecule has 0 aliphatic rings. The maximum atomic E-state index is 10.6. The monoisotopic (exact) mass is 232 g/mol. The van der Waals surface area contributed by atoms with Crippen molar-refractivity contribution >= 4 is 29.1 Å². The van der Waals surface area contributed by atoms with Crippen molar-refractivity contribution in [3.63, 3.8) is 0 Å². The van der Waals surface area contributed by atoms with E-state index in [0.717, 1.165) is 23.7 Å². The highest BCUT2D eigenvalue weighted by Crippen LogP contribution is 2.25. The van der Waals surface area contributed by atoms with Crippen LogP contribution in [0.4, 0.5) is 0 Å². The molecule has 3 nitrogen and oxygen atoms in total. The first-order valence-electron chi connectivity index (χ1n) is 4.17. The van der Waals surface area contributed by atoms with Crippen molar-refractivity contribution in [2.45, 2.75) is 11.3 Å². The van der Waals surface area contributed by atoms with Crippen LogP contribution in [0, 0.1) is 0 Å². The van der Waals surface area contributed by atoms with Crippen molar-refractivity contribution in [3.8, 4) is 0 Å². The second kappa shape index (κ2) is 6.06. The van der Waals surface area contributed by atoms with Crippen LogP contribution in [0.15, 0.2) is 16.3 Å². The van der Waals surface area contributed by atoms with Crippen LogP contribution in [0.3, 0.4) is 0 Å². The number of thioether (sulfide) groups is 1. The molecule has 1 rings (SSSR count). The van der Waals surface area contributed by atoms with E-state index in [1.165, 1.54) is 11.3 Å². The summed E-state index contributed by atoms with van der Waals surface area (Å²) in [7, 11) is 1.68. The maximum Gasteiger partial charge on any atom is 0.345 e. The van der Waals surface area contributed by atoms with Crippen LogP contribution in [0.25, 0.3) is 0 Å². The fourth-order valence-electron chi connectivity index (χ4n) is 0.900. The molecule has 0 unspecified atom stereocenters. The van der Waals surface area contributed by atoms with E-state index in [9.17, 15) is 4.79 Å². The Bertz CT molecular complexity index is 296. The van der Waals surface area contributed by atoms with Crippen molar-refractivity contribution in [2.24, 2.45) is 0 Å². The normalized spacial score (nSPS) is 10.4. The first kappa shape index (κ1) is 11.6. The molecule has 0 fully saturated rings. The molecule has 0 saturated heterocycles. The lowest BCUT2D eigenvalue weighted by Crippen LogP contribution is -1.91. The summed E-state index contributed by atoms with van der Waals surface area (Å²) in [6, 6.07) is 1.71. The van der Waals surface area contributed by atoms with Crippen molar-refractivity contribution in [1.82, 2.24) is 0 Å². The molecule has 0 saturated carbocycles. The van der Waals surface area contributed by atoms with E-state index in [0.29, 0.717) is 4.88 Å². The van der Waals surface area contributed by atoms with Gasteiger partial charge in [0.15, 0.2) is 0 Å². The number of carboxylic acid groups (broad SMARTS) is 1. The summed E-state index contributed by atoms with van der Waals surface area (Å²) >= 11 is 2.94. The number of methoxy groups -OCH3 is 1. The van der Waals surface area contributed by atoms with Crippen LogP contribution in [-0.4, -0.2) is 30.5 Å². The van der Waals surface area contributed by atoms with E-state index < -0.39 is 5.97 Å². The zero-order valence-electron chi connectivity index (χ0n) is 7.86. The Labute approximate surface area is 91.1 Å². The number of thiophene rings is 1. The Hall–Kier alpha value is -0.520. The van der Waals surface area contributed by atoms with Gasteiger partial charge in [-0.15, -0.1) is 23.1 Å². The number of hydrogen-bond donors (Lipinski definition) is 1. The predicted molar refractivity (Wildman–Crippen MR) is 58.5 cm³/mol. The summed E-state index contributed by atoms with van der Waals surface area (Å²) in [4.78, 5) is 12.0. The highest BCUT2D eigenvalue weighted by Gasteiger charge is 2.06. The molecule has 0 amide bonds. The zero-order valence-corrected chi connectivity index (χ0v) is 9.49. The molecule has 0 spiro atoms. The van der Waals surface area contributed by atoms with Crippen LogP contribution >= 0.6 is 23.1 Å². The third-order valence-corrected chi connectivity index (χ3v) is 3.68. The fourth-order valence-corrected chi connectivity index (χ4v) is 2.70. The van der Waals surface area contributed by atoms with Gasteiger partial charge in [-0.2, -0.15) is 0 Å². The minimum absolute atomic E-state index is 0.402. The van der Waals surface area contributed by atoms with Crippen molar-refractivity contribution in [3.05, 3.63) is 16.3 Å². The van der Waals surface area contributed by atoms with Crippen LogP contribution in [0.1, 0.15) is 16.1 Å². The van der Waals surface area contributed by atoms with Gasteiger partial charge in [-0.25, -0.2) is 4.79 Å². The lowest BCUT2D eigenvalue weighted by molar-refractivity contribution is 0.0702. The van der Waals surface area contributed by atoms with Gasteiger partial charge >= 0.3 is 5.97 Å². The van der Waals surface area contributed by atoms with E-state index in [4.69, 9.17) is 9.84 Å². The number of carbonyl (C=O) groups is 1. The van der Waals surface area contributed by atoms with Gasteiger partial charge in [0.05, 0.1) is 0 Å². The minimum Gasteiger partial charge on any atom is -0.477 e. The SMILES string of the molecule is COCCCSc1csc(C(=O)O)c1. The van der Waals surface area contributed by atoms with Crippen molar-refractivity contribution in [2.75, 3.05) is 19.5 Å². The van der Waals surface area contributed by atoms with Gasteiger partial charge in [-0.1, -0.05) is 0 Å². The van der Waals surface area contributed by atoms with Crippen molar-refractivity contribution < 1.29 is 14.6 Å². The summed E-state index contributed by atoms with van der Waals surface area (Å²) < 4.78 is 4.92. The van der Waals surface area contributed by atoms with E-state index in [1.807, 2.05) is 5.38 Å². The van der Waals surface area contributed by atoms with Gasteiger partial charge in [0, 0.05) is 29.7 Å². The van der Waals surface area contributed by atoms with Crippen LogP contribution in [-0.2, 0) is 4.74 Å². The number of aromatic carboxylic acids is 1. The van der Waals surface area contributed by atoms with Crippen molar-refractivity contribution in [1.29, 1.82) is 0 Å².